The minimum absolute atomic E-state index is 0.272. The highest BCUT2D eigenvalue weighted by atomic mass is 16.5. The molecule has 5 heteroatoms. The summed E-state index contributed by atoms with van der Waals surface area (Å²) in [5, 5.41) is 0. The van der Waals surface area contributed by atoms with E-state index in [1.54, 1.807) is 7.11 Å². The third kappa shape index (κ3) is 2.63. The zero-order chi connectivity index (χ0) is 14.8. The van der Waals surface area contributed by atoms with Gasteiger partial charge in [-0.1, -0.05) is 13.0 Å². The lowest BCUT2D eigenvalue weighted by molar-refractivity contribution is 0.0496. The molecule has 0 amide bonds. The van der Waals surface area contributed by atoms with Gasteiger partial charge in [0.05, 0.1) is 11.8 Å². The van der Waals surface area contributed by atoms with Crippen molar-refractivity contribution in [2.24, 2.45) is 11.7 Å². The van der Waals surface area contributed by atoms with Gasteiger partial charge in [0, 0.05) is 32.8 Å². The van der Waals surface area contributed by atoms with E-state index in [4.69, 9.17) is 15.5 Å². The van der Waals surface area contributed by atoms with Crippen molar-refractivity contribution >= 4 is 11.5 Å². The molecule has 0 bridgehead atoms. The number of hydrogen-bond donors (Lipinski definition) is 1. The number of nitrogens with zero attached hydrogens (tertiary/aromatic N) is 3. The van der Waals surface area contributed by atoms with Crippen molar-refractivity contribution < 1.29 is 4.74 Å². The summed E-state index contributed by atoms with van der Waals surface area (Å²) in [4.78, 5) is 7.18. The predicted octanol–water partition coefficient (Wildman–Crippen LogP) is 1.70. The van der Waals surface area contributed by atoms with Crippen LogP contribution in [0.15, 0.2) is 24.4 Å². The molecule has 0 saturated carbocycles. The van der Waals surface area contributed by atoms with E-state index in [1.807, 2.05) is 18.2 Å². The summed E-state index contributed by atoms with van der Waals surface area (Å²) in [5.74, 6) is 1.67. The summed E-state index contributed by atoms with van der Waals surface area (Å²) in [6.45, 7) is 4.82. The second kappa shape index (κ2) is 6.03. The molecule has 5 nitrogen and oxygen atoms in total. The molecule has 1 aliphatic rings. The van der Waals surface area contributed by atoms with Gasteiger partial charge in [0.2, 0.25) is 0 Å². The molecule has 2 N–H and O–H groups in total. The molecule has 0 radical (unpaired) electrons. The van der Waals surface area contributed by atoms with Crippen LogP contribution in [-0.2, 0) is 11.2 Å². The Kier molecular flexibility index (Phi) is 4.12. The van der Waals surface area contributed by atoms with E-state index in [0.717, 1.165) is 37.4 Å². The Labute approximate surface area is 125 Å². The first-order valence-electron chi connectivity index (χ1n) is 7.68. The molecule has 1 saturated heterocycles. The van der Waals surface area contributed by atoms with Crippen LogP contribution in [0.25, 0.3) is 5.65 Å². The Morgan fingerprint density at radius 1 is 1.43 bits per heavy atom. The highest BCUT2D eigenvalue weighted by Crippen LogP contribution is 2.28. The van der Waals surface area contributed by atoms with Crippen LogP contribution in [-0.4, -0.2) is 42.2 Å². The summed E-state index contributed by atoms with van der Waals surface area (Å²) in [6, 6.07) is 6.10. The normalized spacial score (nSPS) is 22.9. The van der Waals surface area contributed by atoms with E-state index in [0.29, 0.717) is 12.5 Å². The Morgan fingerprint density at radius 3 is 3.05 bits per heavy atom. The first kappa shape index (κ1) is 14.4. The quantitative estimate of drug-likeness (QED) is 0.930. The van der Waals surface area contributed by atoms with Gasteiger partial charge in [-0.25, -0.2) is 4.98 Å². The number of anilines is 1. The van der Waals surface area contributed by atoms with Crippen LogP contribution in [0.1, 0.15) is 19.0 Å². The zero-order valence-corrected chi connectivity index (χ0v) is 12.8. The van der Waals surface area contributed by atoms with E-state index >= 15 is 0 Å². The van der Waals surface area contributed by atoms with Crippen molar-refractivity contribution in [3.05, 3.63) is 30.1 Å². The highest BCUT2D eigenvalue weighted by Gasteiger charge is 2.29. The van der Waals surface area contributed by atoms with Crippen LogP contribution in [0.5, 0.6) is 0 Å². The van der Waals surface area contributed by atoms with E-state index in [-0.39, 0.29) is 6.10 Å². The average molecular weight is 288 g/mol. The number of nitrogens with two attached hydrogens (primary N) is 1. The zero-order valence-electron chi connectivity index (χ0n) is 12.8. The molecular weight excluding hydrogens is 264 g/mol. The van der Waals surface area contributed by atoms with E-state index < -0.39 is 0 Å². The number of hydrogen-bond acceptors (Lipinski definition) is 4. The molecule has 114 valence electrons. The van der Waals surface area contributed by atoms with Gasteiger partial charge in [-0.15, -0.1) is 0 Å². The minimum atomic E-state index is 0.272. The summed E-state index contributed by atoms with van der Waals surface area (Å²) in [6.07, 6.45) is 4.31. The SMILES string of the molecule is COC1CN(c2nc3ccccn3c2CCN)CCC1C. The van der Waals surface area contributed by atoms with Crippen molar-refractivity contribution in [1.29, 1.82) is 0 Å². The molecule has 0 aliphatic carbocycles. The van der Waals surface area contributed by atoms with Crippen LogP contribution in [0.3, 0.4) is 0 Å². The maximum Gasteiger partial charge on any atom is 0.151 e. The molecule has 0 spiro atoms. The van der Waals surface area contributed by atoms with Crippen LogP contribution in [0.2, 0.25) is 0 Å². The van der Waals surface area contributed by atoms with Crippen molar-refractivity contribution in [2.45, 2.75) is 25.9 Å². The number of pyridine rings is 1. The molecule has 3 rings (SSSR count). The maximum atomic E-state index is 5.80. The van der Waals surface area contributed by atoms with Gasteiger partial charge >= 0.3 is 0 Å². The summed E-state index contributed by atoms with van der Waals surface area (Å²) >= 11 is 0. The lowest BCUT2D eigenvalue weighted by Crippen LogP contribution is -2.44. The number of rotatable bonds is 4. The second-order valence-electron chi connectivity index (χ2n) is 5.84. The number of aromatic nitrogens is 2. The standard InChI is InChI=1S/C16H24N4O/c1-12-7-10-19(11-14(12)21-2)16-13(6-8-17)20-9-4-3-5-15(20)18-16/h3-5,9,12,14H,6-8,10-11,17H2,1-2H3. The molecule has 2 atom stereocenters. The predicted molar refractivity (Wildman–Crippen MR) is 84.7 cm³/mol. The van der Waals surface area contributed by atoms with Crippen LogP contribution in [0.4, 0.5) is 5.82 Å². The lowest BCUT2D eigenvalue weighted by atomic mass is 9.96. The van der Waals surface area contributed by atoms with E-state index in [2.05, 4.69) is 22.4 Å². The largest absolute Gasteiger partial charge is 0.379 e. The molecule has 0 aromatic carbocycles. The van der Waals surface area contributed by atoms with Crippen molar-refractivity contribution in [1.82, 2.24) is 9.38 Å². The van der Waals surface area contributed by atoms with Crippen molar-refractivity contribution in [2.75, 3.05) is 31.6 Å². The molecule has 2 unspecified atom stereocenters. The molecule has 3 heterocycles. The summed E-state index contributed by atoms with van der Waals surface area (Å²) in [7, 11) is 1.80. The van der Waals surface area contributed by atoms with Gasteiger partial charge in [-0.3, -0.25) is 0 Å². The molecule has 1 aliphatic heterocycles. The third-order valence-electron chi connectivity index (χ3n) is 4.48. The van der Waals surface area contributed by atoms with Crippen molar-refractivity contribution in [3.8, 4) is 0 Å². The third-order valence-corrected chi connectivity index (χ3v) is 4.48. The molecule has 2 aromatic rings. The van der Waals surface area contributed by atoms with Crippen LogP contribution >= 0.6 is 0 Å². The molecular formula is C16H24N4O. The Morgan fingerprint density at radius 2 is 2.29 bits per heavy atom. The van der Waals surface area contributed by atoms with Gasteiger partial charge in [0.15, 0.2) is 5.82 Å². The number of fused-ring (bicyclic) bond motifs is 1. The fourth-order valence-corrected chi connectivity index (χ4v) is 3.19. The summed E-state index contributed by atoms with van der Waals surface area (Å²) < 4.78 is 7.78. The lowest BCUT2D eigenvalue weighted by Gasteiger charge is -2.36. The molecule has 2 aromatic heterocycles. The monoisotopic (exact) mass is 288 g/mol. The maximum absolute atomic E-state index is 5.80. The number of piperidine rings is 1. The van der Waals surface area contributed by atoms with Gasteiger partial charge in [-0.05, 0) is 31.0 Å². The topological polar surface area (TPSA) is 55.8 Å². The summed E-state index contributed by atoms with van der Waals surface area (Å²) in [5.41, 5.74) is 8.00. The smallest absolute Gasteiger partial charge is 0.151 e. The van der Waals surface area contributed by atoms with Gasteiger partial charge in [-0.2, -0.15) is 0 Å². The fraction of sp³-hybridized carbons (Fsp3) is 0.562. The first-order chi connectivity index (χ1) is 10.2. The average Bonchev–Trinajstić information content (AvgIpc) is 2.87. The molecule has 1 fully saturated rings. The van der Waals surface area contributed by atoms with Crippen molar-refractivity contribution in [3.63, 3.8) is 0 Å². The first-order valence-corrected chi connectivity index (χ1v) is 7.68. The number of methoxy groups -OCH3 is 1. The minimum Gasteiger partial charge on any atom is -0.379 e. The Balaban J connectivity index is 1.97. The number of imidazole rings is 1. The van der Waals surface area contributed by atoms with Crippen LogP contribution < -0.4 is 10.6 Å². The Bertz CT molecular complexity index is 609. The highest BCUT2D eigenvalue weighted by molar-refractivity contribution is 5.56. The second-order valence-corrected chi connectivity index (χ2v) is 5.84. The fourth-order valence-electron chi connectivity index (χ4n) is 3.19. The van der Waals surface area contributed by atoms with Gasteiger partial charge in [0.25, 0.3) is 0 Å². The number of ether oxygens (including phenoxy) is 1. The van der Waals surface area contributed by atoms with Gasteiger partial charge in [0.1, 0.15) is 5.65 Å². The van der Waals surface area contributed by atoms with Crippen LogP contribution in [0, 0.1) is 5.92 Å². The van der Waals surface area contributed by atoms with Gasteiger partial charge < -0.3 is 19.8 Å². The van der Waals surface area contributed by atoms with E-state index in [1.165, 1.54) is 5.69 Å². The molecule has 21 heavy (non-hydrogen) atoms. The Hall–Kier alpha value is -1.59. The van der Waals surface area contributed by atoms with E-state index in [9.17, 15) is 0 Å².